The number of aliphatic hydroxyl groups excluding tert-OH is 2. The summed E-state index contributed by atoms with van der Waals surface area (Å²) in [6, 6.07) is 26.6. The maximum Gasteiger partial charge on any atom is 0.192 e. The second kappa shape index (κ2) is 11.3. The number of halogens is 1. The highest BCUT2D eigenvalue weighted by molar-refractivity contribution is 5.31. The van der Waals surface area contributed by atoms with Gasteiger partial charge >= 0.3 is 0 Å². The average molecular weight is 483 g/mol. The molecular weight excluding hydrogens is 451 g/mol. The van der Waals surface area contributed by atoms with Gasteiger partial charge in [0.2, 0.25) is 0 Å². The molecular formula is C28H31FO6. The van der Waals surface area contributed by atoms with Gasteiger partial charge in [-0.2, -0.15) is 0 Å². The molecule has 0 bridgehead atoms. The predicted molar refractivity (Wildman–Crippen MR) is 129 cm³/mol. The van der Waals surface area contributed by atoms with Crippen molar-refractivity contribution in [3.63, 3.8) is 0 Å². The zero-order valence-electron chi connectivity index (χ0n) is 19.8. The second-order valence-corrected chi connectivity index (χ2v) is 8.60. The van der Waals surface area contributed by atoms with E-state index in [1.54, 1.807) is 7.11 Å². The van der Waals surface area contributed by atoms with Gasteiger partial charge in [0.05, 0.1) is 19.8 Å². The monoisotopic (exact) mass is 482 g/mol. The predicted octanol–water partition coefficient (Wildman–Crippen LogP) is 3.85. The molecule has 2 N–H and O–H groups in total. The van der Waals surface area contributed by atoms with Gasteiger partial charge in [0.1, 0.15) is 23.6 Å². The van der Waals surface area contributed by atoms with E-state index < -0.39 is 43.0 Å². The molecule has 1 heterocycles. The summed E-state index contributed by atoms with van der Waals surface area (Å²) in [6.07, 6.45) is -6.08. The SMILES string of the molecule is COc1ccc(CC(OC(c2ccccc2)c2ccccc2)[C@]2(CO)O[C@@H](OC)[C@@H](F)[C@@H]2O)cc1. The van der Waals surface area contributed by atoms with Crippen LogP contribution in [0.1, 0.15) is 22.8 Å². The minimum absolute atomic E-state index is 0.237. The molecule has 3 aromatic carbocycles. The Bertz CT molecular complexity index is 1010. The number of benzene rings is 3. The van der Waals surface area contributed by atoms with E-state index in [2.05, 4.69) is 0 Å². The third-order valence-electron chi connectivity index (χ3n) is 6.51. The molecule has 0 amide bonds. The molecule has 1 saturated heterocycles. The Labute approximate surface area is 204 Å². The molecule has 5 atom stereocenters. The van der Waals surface area contributed by atoms with Crippen molar-refractivity contribution >= 4 is 0 Å². The molecule has 0 saturated carbocycles. The fraction of sp³-hybridized carbons (Fsp3) is 0.357. The van der Waals surface area contributed by atoms with Gasteiger partial charge in [-0.25, -0.2) is 4.39 Å². The molecule has 3 aromatic rings. The zero-order valence-corrected chi connectivity index (χ0v) is 19.8. The van der Waals surface area contributed by atoms with Gasteiger partial charge in [0, 0.05) is 13.5 Å². The van der Waals surface area contributed by atoms with E-state index in [0.29, 0.717) is 5.75 Å². The van der Waals surface area contributed by atoms with Crippen molar-refractivity contribution in [2.75, 3.05) is 20.8 Å². The van der Waals surface area contributed by atoms with Gasteiger partial charge < -0.3 is 29.2 Å². The highest BCUT2D eigenvalue weighted by Crippen LogP contribution is 2.41. The number of hydrogen-bond donors (Lipinski definition) is 2. The van der Waals surface area contributed by atoms with E-state index in [1.165, 1.54) is 7.11 Å². The lowest BCUT2D eigenvalue weighted by Gasteiger charge is -2.39. The number of ether oxygens (including phenoxy) is 4. The zero-order chi connectivity index (χ0) is 24.8. The van der Waals surface area contributed by atoms with Crippen LogP contribution in [0.3, 0.4) is 0 Å². The fourth-order valence-electron chi connectivity index (χ4n) is 4.53. The van der Waals surface area contributed by atoms with Crippen LogP contribution >= 0.6 is 0 Å². The number of hydrogen-bond acceptors (Lipinski definition) is 6. The van der Waals surface area contributed by atoms with Crippen molar-refractivity contribution in [2.45, 2.75) is 42.8 Å². The lowest BCUT2D eigenvalue weighted by Crippen LogP contribution is -2.57. The number of aliphatic hydroxyl groups is 2. The van der Waals surface area contributed by atoms with Crippen molar-refractivity contribution in [2.24, 2.45) is 0 Å². The van der Waals surface area contributed by atoms with E-state index in [4.69, 9.17) is 18.9 Å². The normalized spacial score (nSPS) is 25.0. The van der Waals surface area contributed by atoms with Gasteiger partial charge in [0.25, 0.3) is 0 Å². The molecule has 0 radical (unpaired) electrons. The summed E-state index contributed by atoms with van der Waals surface area (Å²) >= 11 is 0. The third-order valence-corrected chi connectivity index (χ3v) is 6.51. The largest absolute Gasteiger partial charge is 0.497 e. The summed E-state index contributed by atoms with van der Waals surface area (Å²) in [7, 11) is 2.88. The van der Waals surface area contributed by atoms with Crippen LogP contribution in [0.15, 0.2) is 84.9 Å². The highest BCUT2D eigenvalue weighted by Gasteiger charge is 2.60. The van der Waals surface area contributed by atoms with Crippen LogP contribution in [0, 0.1) is 0 Å². The average Bonchev–Trinajstić information content (AvgIpc) is 3.18. The second-order valence-electron chi connectivity index (χ2n) is 8.60. The lowest BCUT2D eigenvalue weighted by molar-refractivity contribution is -0.233. The summed E-state index contributed by atoms with van der Waals surface area (Å²) in [5.41, 5.74) is 0.843. The molecule has 0 aromatic heterocycles. The van der Waals surface area contributed by atoms with Crippen molar-refractivity contribution in [1.82, 2.24) is 0 Å². The third kappa shape index (κ3) is 5.24. The summed E-state index contributed by atoms with van der Waals surface area (Å²) in [5.74, 6) is 0.690. The number of alkyl halides is 1. The van der Waals surface area contributed by atoms with E-state index in [1.807, 2.05) is 84.9 Å². The molecule has 186 valence electrons. The van der Waals surface area contributed by atoms with Crippen LogP contribution < -0.4 is 4.74 Å². The molecule has 1 unspecified atom stereocenters. The Balaban J connectivity index is 1.76. The van der Waals surface area contributed by atoms with E-state index in [0.717, 1.165) is 16.7 Å². The first-order valence-corrected chi connectivity index (χ1v) is 11.5. The summed E-state index contributed by atoms with van der Waals surface area (Å²) in [4.78, 5) is 0. The Kier molecular flexibility index (Phi) is 8.15. The Morgan fingerprint density at radius 1 is 0.914 bits per heavy atom. The van der Waals surface area contributed by atoms with Gasteiger partial charge in [-0.05, 0) is 28.8 Å². The standard InChI is InChI=1S/C28H31FO6/c1-32-22-15-13-19(14-16-22)17-23(28(18-30)26(31)24(29)27(33-2)35-28)34-25(20-9-5-3-6-10-20)21-11-7-4-8-12-21/h3-16,23-27,30-31H,17-18H2,1-2H3/t23?,24-,26-,27+,28-/m0/s1. The van der Waals surface area contributed by atoms with Crippen molar-refractivity contribution < 1.29 is 33.6 Å². The minimum Gasteiger partial charge on any atom is -0.497 e. The molecule has 1 aliphatic rings. The molecule has 1 aliphatic heterocycles. The van der Waals surface area contributed by atoms with E-state index >= 15 is 0 Å². The number of methoxy groups -OCH3 is 2. The van der Waals surface area contributed by atoms with Gasteiger partial charge in [0.15, 0.2) is 12.5 Å². The molecule has 0 aliphatic carbocycles. The van der Waals surface area contributed by atoms with Crippen LogP contribution in [-0.2, 0) is 20.6 Å². The van der Waals surface area contributed by atoms with Crippen LogP contribution in [0.5, 0.6) is 5.75 Å². The maximum absolute atomic E-state index is 15.0. The smallest absolute Gasteiger partial charge is 0.192 e. The Morgan fingerprint density at radius 2 is 1.49 bits per heavy atom. The van der Waals surface area contributed by atoms with Crippen LogP contribution in [0.25, 0.3) is 0 Å². The van der Waals surface area contributed by atoms with Gasteiger partial charge in [-0.1, -0.05) is 72.8 Å². The Hall–Kier alpha value is -2.81. The highest BCUT2D eigenvalue weighted by atomic mass is 19.1. The first kappa shape index (κ1) is 25.3. The summed E-state index contributed by atoms with van der Waals surface area (Å²) in [5, 5.41) is 21.4. The quantitative estimate of drug-likeness (QED) is 0.457. The molecule has 6 nitrogen and oxygen atoms in total. The molecule has 1 fully saturated rings. The Morgan fingerprint density at radius 3 is 1.94 bits per heavy atom. The minimum atomic E-state index is -1.85. The first-order chi connectivity index (χ1) is 17.0. The molecule has 4 rings (SSSR count). The summed E-state index contributed by atoms with van der Waals surface area (Å²) < 4.78 is 37.9. The van der Waals surface area contributed by atoms with Crippen molar-refractivity contribution in [3.05, 3.63) is 102 Å². The maximum atomic E-state index is 15.0. The fourth-order valence-corrected chi connectivity index (χ4v) is 4.53. The van der Waals surface area contributed by atoms with E-state index in [9.17, 15) is 14.6 Å². The first-order valence-electron chi connectivity index (χ1n) is 11.5. The van der Waals surface area contributed by atoms with Crippen molar-refractivity contribution in [1.29, 1.82) is 0 Å². The van der Waals surface area contributed by atoms with Crippen LogP contribution in [0.4, 0.5) is 4.39 Å². The van der Waals surface area contributed by atoms with Gasteiger partial charge in [-0.15, -0.1) is 0 Å². The van der Waals surface area contributed by atoms with Crippen molar-refractivity contribution in [3.8, 4) is 5.75 Å². The van der Waals surface area contributed by atoms with Crippen LogP contribution in [-0.4, -0.2) is 61.3 Å². The molecule has 0 spiro atoms. The molecule has 35 heavy (non-hydrogen) atoms. The number of rotatable bonds is 10. The molecule has 7 heteroatoms. The lowest BCUT2D eigenvalue weighted by atomic mass is 9.86. The summed E-state index contributed by atoms with van der Waals surface area (Å²) in [6.45, 7) is -0.661. The van der Waals surface area contributed by atoms with Gasteiger partial charge in [-0.3, -0.25) is 0 Å². The van der Waals surface area contributed by atoms with E-state index in [-0.39, 0.29) is 6.42 Å². The topological polar surface area (TPSA) is 77.4 Å². The van der Waals surface area contributed by atoms with Crippen LogP contribution in [0.2, 0.25) is 0 Å².